The molecule has 1 saturated carbocycles. The number of aromatic nitrogens is 2. The van der Waals surface area contributed by atoms with Crippen molar-refractivity contribution in [3.8, 4) is 11.5 Å². The van der Waals surface area contributed by atoms with Crippen molar-refractivity contribution < 1.29 is 9.53 Å². The number of carbonyl (C=O) groups excluding carboxylic acids is 1. The lowest BCUT2D eigenvalue weighted by atomic mass is 10.1. The summed E-state index contributed by atoms with van der Waals surface area (Å²) in [7, 11) is 0. The van der Waals surface area contributed by atoms with E-state index in [0.29, 0.717) is 33.7 Å². The van der Waals surface area contributed by atoms with Gasteiger partial charge < -0.3 is 15.4 Å². The highest BCUT2D eigenvalue weighted by Crippen LogP contribution is 2.39. The highest BCUT2D eigenvalue weighted by Gasteiger charge is 2.48. The molecule has 160 valence electrons. The van der Waals surface area contributed by atoms with Crippen LogP contribution in [0.25, 0.3) is 0 Å². The van der Waals surface area contributed by atoms with Crippen molar-refractivity contribution in [2.45, 2.75) is 37.9 Å². The van der Waals surface area contributed by atoms with Crippen molar-refractivity contribution in [2.24, 2.45) is 0 Å². The molecule has 0 spiro atoms. The lowest BCUT2D eigenvalue weighted by molar-refractivity contribution is 0.0920. The minimum atomic E-state index is -0.235. The molecule has 8 heteroatoms. The van der Waals surface area contributed by atoms with Gasteiger partial charge in [0.2, 0.25) is 0 Å². The molecule has 6 nitrogen and oxygen atoms in total. The molecular formula is C23H22Cl2N4O2. The van der Waals surface area contributed by atoms with Gasteiger partial charge in [0.1, 0.15) is 17.8 Å². The molecule has 4 rings (SSSR count). The number of amides is 1. The van der Waals surface area contributed by atoms with E-state index in [1.54, 1.807) is 18.2 Å². The van der Waals surface area contributed by atoms with Crippen LogP contribution >= 0.6 is 23.2 Å². The van der Waals surface area contributed by atoms with E-state index in [0.717, 1.165) is 18.4 Å². The van der Waals surface area contributed by atoms with Gasteiger partial charge in [-0.25, -0.2) is 9.97 Å². The van der Waals surface area contributed by atoms with Crippen molar-refractivity contribution in [2.75, 3.05) is 0 Å². The Balaban J connectivity index is 1.31. The van der Waals surface area contributed by atoms with Gasteiger partial charge in [0, 0.05) is 30.0 Å². The topological polar surface area (TPSA) is 76.1 Å². The first-order valence-electron chi connectivity index (χ1n) is 9.98. The second-order valence-corrected chi connectivity index (χ2v) is 8.50. The van der Waals surface area contributed by atoms with Crippen LogP contribution in [0.3, 0.4) is 0 Å². The van der Waals surface area contributed by atoms with Crippen LogP contribution < -0.4 is 15.4 Å². The van der Waals surface area contributed by atoms with E-state index in [1.165, 1.54) is 18.7 Å². The van der Waals surface area contributed by atoms with E-state index in [1.807, 2.05) is 24.3 Å². The Labute approximate surface area is 191 Å². The summed E-state index contributed by atoms with van der Waals surface area (Å²) in [5, 5.41) is 7.69. The predicted octanol–water partition coefficient (Wildman–Crippen LogP) is 5.02. The predicted molar refractivity (Wildman–Crippen MR) is 121 cm³/mol. The molecule has 1 aromatic heterocycles. The summed E-state index contributed by atoms with van der Waals surface area (Å²) >= 11 is 12.1. The number of halogens is 2. The van der Waals surface area contributed by atoms with Gasteiger partial charge in [-0.15, -0.1) is 0 Å². The van der Waals surface area contributed by atoms with E-state index in [9.17, 15) is 4.79 Å². The molecular weight excluding hydrogens is 435 g/mol. The van der Waals surface area contributed by atoms with Gasteiger partial charge in [-0.3, -0.25) is 4.79 Å². The number of nitrogens with zero attached hydrogens (tertiary/aromatic N) is 2. The Hall–Kier alpha value is -2.67. The maximum absolute atomic E-state index is 12.5. The Morgan fingerprint density at radius 1 is 1.13 bits per heavy atom. The van der Waals surface area contributed by atoms with E-state index in [-0.39, 0.29) is 17.5 Å². The number of rotatable bonds is 8. The third kappa shape index (κ3) is 5.34. The Morgan fingerprint density at radius 2 is 1.84 bits per heavy atom. The van der Waals surface area contributed by atoms with Gasteiger partial charge in [0.15, 0.2) is 0 Å². The van der Waals surface area contributed by atoms with Crippen LogP contribution in [-0.2, 0) is 6.54 Å². The highest BCUT2D eigenvalue weighted by atomic mass is 35.5. The highest BCUT2D eigenvalue weighted by molar-refractivity contribution is 6.35. The number of ether oxygens (including phenoxy) is 1. The van der Waals surface area contributed by atoms with Gasteiger partial charge in [-0.2, -0.15) is 0 Å². The lowest BCUT2D eigenvalue weighted by Gasteiger charge is -2.26. The molecule has 2 aromatic carbocycles. The minimum Gasteiger partial charge on any atom is -0.456 e. The minimum absolute atomic E-state index is 0.116. The van der Waals surface area contributed by atoms with Crippen LogP contribution in [0.1, 0.15) is 35.7 Å². The Bertz CT molecular complexity index is 1060. The SMILES string of the molecule is CC(NCc1ccc(Oc2ccc(Cl)cc2Cl)cc1)C1(NC(=O)c2cncnc2)CC1. The zero-order chi connectivity index (χ0) is 21.8. The molecule has 0 bridgehead atoms. The van der Waals surface area contributed by atoms with E-state index >= 15 is 0 Å². The average molecular weight is 457 g/mol. The van der Waals surface area contributed by atoms with Crippen LogP contribution in [-0.4, -0.2) is 27.5 Å². The molecule has 1 atom stereocenters. The molecule has 3 aromatic rings. The Kier molecular flexibility index (Phi) is 6.41. The first kappa shape index (κ1) is 21.6. The van der Waals surface area contributed by atoms with Gasteiger partial charge in [0.05, 0.1) is 16.1 Å². The molecule has 0 radical (unpaired) electrons. The molecule has 1 aliphatic rings. The van der Waals surface area contributed by atoms with Crippen molar-refractivity contribution in [3.63, 3.8) is 0 Å². The molecule has 1 fully saturated rings. The quantitative estimate of drug-likeness (QED) is 0.497. The fraction of sp³-hybridized carbons (Fsp3) is 0.261. The number of benzene rings is 2. The standard InChI is InChI=1S/C23H22Cl2N4O2/c1-15(23(8-9-23)29-22(30)17-12-26-14-27-13-17)28-11-16-2-5-19(6-3-16)31-21-7-4-18(24)10-20(21)25/h2-7,10,12-15,28H,8-9,11H2,1H3,(H,29,30). The average Bonchev–Trinajstić information content (AvgIpc) is 3.56. The second-order valence-electron chi connectivity index (χ2n) is 7.66. The summed E-state index contributed by atoms with van der Waals surface area (Å²) < 4.78 is 5.83. The summed E-state index contributed by atoms with van der Waals surface area (Å²) in [4.78, 5) is 20.3. The number of hydrogen-bond acceptors (Lipinski definition) is 5. The summed E-state index contributed by atoms with van der Waals surface area (Å²) in [5.74, 6) is 1.10. The van der Waals surface area contributed by atoms with Crippen LogP contribution in [0.15, 0.2) is 61.2 Å². The molecule has 1 unspecified atom stereocenters. The zero-order valence-corrected chi connectivity index (χ0v) is 18.5. The molecule has 0 saturated heterocycles. The first-order valence-corrected chi connectivity index (χ1v) is 10.7. The van der Waals surface area contributed by atoms with Crippen molar-refractivity contribution in [1.29, 1.82) is 0 Å². The number of nitrogens with one attached hydrogen (secondary N) is 2. The maximum Gasteiger partial charge on any atom is 0.254 e. The zero-order valence-electron chi connectivity index (χ0n) is 16.9. The second kappa shape index (κ2) is 9.22. The summed E-state index contributed by atoms with van der Waals surface area (Å²) in [6.07, 6.45) is 6.34. The van der Waals surface area contributed by atoms with Crippen molar-refractivity contribution in [1.82, 2.24) is 20.6 Å². The van der Waals surface area contributed by atoms with Gasteiger partial charge in [-0.05, 0) is 55.7 Å². The third-order valence-corrected chi connectivity index (χ3v) is 5.99. The monoisotopic (exact) mass is 456 g/mol. The third-order valence-electron chi connectivity index (χ3n) is 5.46. The van der Waals surface area contributed by atoms with E-state index in [2.05, 4.69) is 27.5 Å². The molecule has 2 N–H and O–H groups in total. The van der Waals surface area contributed by atoms with Gasteiger partial charge in [0.25, 0.3) is 5.91 Å². The van der Waals surface area contributed by atoms with E-state index < -0.39 is 0 Å². The van der Waals surface area contributed by atoms with Gasteiger partial charge in [-0.1, -0.05) is 35.3 Å². The first-order chi connectivity index (χ1) is 14.9. The summed E-state index contributed by atoms with van der Waals surface area (Å²) in [6, 6.07) is 13.0. The number of hydrogen-bond donors (Lipinski definition) is 2. The molecule has 0 aliphatic heterocycles. The van der Waals surface area contributed by atoms with Crippen LogP contribution in [0.2, 0.25) is 10.0 Å². The van der Waals surface area contributed by atoms with Crippen LogP contribution in [0.4, 0.5) is 0 Å². The summed E-state index contributed by atoms with van der Waals surface area (Å²) in [6.45, 7) is 2.77. The van der Waals surface area contributed by atoms with Crippen LogP contribution in [0.5, 0.6) is 11.5 Å². The molecule has 1 amide bonds. The summed E-state index contributed by atoms with van der Waals surface area (Å²) in [5.41, 5.74) is 1.35. The fourth-order valence-electron chi connectivity index (χ4n) is 3.34. The molecule has 31 heavy (non-hydrogen) atoms. The maximum atomic E-state index is 12.5. The van der Waals surface area contributed by atoms with Crippen molar-refractivity contribution in [3.05, 3.63) is 82.4 Å². The lowest BCUT2D eigenvalue weighted by Crippen LogP contribution is -2.50. The molecule has 1 aliphatic carbocycles. The smallest absolute Gasteiger partial charge is 0.254 e. The van der Waals surface area contributed by atoms with Crippen molar-refractivity contribution >= 4 is 29.1 Å². The molecule has 1 heterocycles. The van der Waals surface area contributed by atoms with E-state index in [4.69, 9.17) is 27.9 Å². The van der Waals surface area contributed by atoms with Crippen LogP contribution in [0, 0.1) is 0 Å². The number of carbonyl (C=O) groups is 1. The fourth-order valence-corrected chi connectivity index (χ4v) is 3.79. The Morgan fingerprint density at radius 3 is 2.48 bits per heavy atom. The normalized spacial score (nSPS) is 15.2. The largest absolute Gasteiger partial charge is 0.456 e. The van der Waals surface area contributed by atoms with Gasteiger partial charge >= 0.3 is 0 Å².